The van der Waals surface area contributed by atoms with Crippen LogP contribution >= 0.6 is 12.6 Å². The molecule has 0 unspecified atom stereocenters. The Morgan fingerprint density at radius 2 is 2.29 bits per heavy atom. The van der Waals surface area contributed by atoms with E-state index in [2.05, 4.69) is 12.6 Å². The first-order valence-electron chi connectivity index (χ1n) is 4.99. The van der Waals surface area contributed by atoms with Crippen molar-refractivity contribution in [2.24, 2.45) is 0 Å². The van der Waals surface area contributed by atoms with Gasteiger partial charge in [-0.05, 0) is 24.6 Å². The number of ether oxygens (including phenoxy) is 1. The Labute approximate surface area is 105 Å². The van der Waals surface area contributed by atoms with E-state index in [1.54, 1.807) is 6.92 Å². The van der Waals surface area contributed by atoms with E-state index in [0.717, 1.165) is 0 Å². The number of rotatable bonds is 4. The van der Waals surface area contributed by atoms with Gasteiger partial charge in [-0.25, -0.2) is 0 Å². The number of aldehydes is 1. The molecule has 0 bridgehead atoms. The lowest BCUT2D eigenvalue weighted by molar-refractivity contribution is -0.142. The van der Waals surface area contributed by atoms with Crippen molar-refractivity contribution in [1.29, 1.82) is 5.26 Å². The van der Waals surface area contributed by atoms with Crippen LogP contribution in [0.3, 0.4) is 0 Å². The number of hydrogen-bond acceptors (Lipinski definition) is 5. The number of benzene rings is 1. The molecular weight excluding hydrogens is 238 g/mol. The zero-order valence-corrected chi connectivity index (χ0v) is 10.2. The minimum atomic E-state index is -0.421. The molecule has 4 nitrogen and oxygen atoms in total. The quantitative estimate of drug-likeness (QED) is 0.501. The van der Waals surface area contributed by atoms with Gasteiger partial charge in [0.05, 0.1) is 24.7 Å². The zero-order valence-electron chi connectivity index (χ0n) is 9.27. The maximum absolute atomic E-state index is 11.4. The van der Waals surface area contributed by atoms with Crippen molar-refractivity contribution in [3.8, 4) is 6.07 Å². The van der Waals surface area contributed by atoms with Gasteiger partial charge >= 0.3 is 5.97 Å². The zero-order chi connectivity index (χ0) is 12.8. The van der Waals surface area contributed by atoms with Crippen molar-refractivity contribution in [2.75, 3.05) is 6.61 Å². The van der Waals surface area contributed by atoms with Crippen LogP contribution < -0.4 is 0 Å². The van der Waals surface area contributed by atoms with Gasteiger partial charge in [-0.15, -0.1) is 12.6 Å². The lowest BCUT2D eigenvalue weighted by atomic mass is 10.0. The monoisotopic (exact) mass is 249 g/mol. The summed E-state index contributed by atoms with van der Waals surface area (Å²) < 4.78 is 4.80. The fraction of sp³-hybridized carbons (Fsp3) is 0.250. The fourth-order valence-corrected chi connectivity index (χ4v) is 1.74. The number of esters is 1. The van der Waals surface area contributed by atoms with Crippen LogP contribution in [0.5, 0.6) is 0 Å². The predicted molar refractivity (Wildman–Crippen MR) is 64.1 cm³/mol. The maximum atomic E-state index is 11.4. The summed E-state index contributed by atoms with van der Waals surface area (Å²) in [4.78, 5) is 22.7. The van der Waals surface area contributed by atoms with Crippen molar-refractivity contribution < 1.29 is 14.3 Å². The first-order chi connectivity index (χ1) is 8.12. The van der Waals surface area contributed by atoms with Gasteiger partial charge in [0.2, 0.25) is 0 Å². The molecule has 0 aliphatic carbocycles. The van der Waals surface area contributed by atoms with E-state index in [0.29, 0.717) is 27.9 Å². The normalized spacial score (nSPS) is 9.47. The molecule has 17 heavy (non-hydrogen) atoms. The van der Waals surface area contributed by atoms with Crippen LogP contribution in [-0.4, -0.2) is 18.9 Å². The van der Waals surface area contributed by atoms with Gasteiger partial charge in [0.1, 0.15) is 6.29 Å². The summed E-state index contributed by atoms with van der Waals surface area (Å²) in [6.45, 7) is 1.99. The Bertz CT molecular complexity index is 491. The highest BCUT2D eigenvalue weighted by Gasteiger charge is 2.13. The van der Waals surface area contributed by atoms with Crippen molar-refractivity contribution >= 4 is 24.9 Å². The molecule has 0 aromatic heterocycles. The smallest absolute Gasteiger partial charge is 0.310 e. The SMILES string of the molecule is CCOC(=O)Cc1c(S)cc(C#N)cc1C=O. The van der Waals surface area contributed by atoms with Crippen LogP contribution in [0.1, 0.15) is 28.4 Å². The Morgan fingerprint density at radius 3 is 2.82 bits per heavy atom. The minimum absolute atomic E-state index is 0.0214. The van der Waals surface area contributed by atoms with Crippen LogP contribution in [0.25, 0.3) is 0 Å². The highest BCUT2D eigenvalue weighted by Crippen LogP contribution is 2.21. The summed E-state index contributed by atoms with van der Waals surface area (Å²) in [5.74, 6) is -0.421. The van der Waals surface area contributed by atoms with Crippen LogP contribution in [0.4, 0.5) is 0 Å². The molecule has 0 heterocycles. The summed E-state index contributed by atoms with van der Waals surface area (Å²) in [7, 11) is 0. The first kappa shape index (κ1) is 13.3. The maximum Gasteiger partial charge on any atom is 0.310 e. The molecule has 1 rings (SSSR count). The molecule has 0 saturated carbocycles. The van der Waals surface area contributed by atoms with E-state index < -0.39 is 5.97 Å². The molecule has 0 N–H and O–H groups in total. The molecule has 0 saturated heterocycles. The highest BCUT2D eigenvalue weighted by atomic mass is 32.1. The molecular formula is C12H11NO3S. The second-order valence-electron chi connectivity index (χ2n) is 3.27. The third-order valence-electron chi connectivity index (χ3n) is 2.14. The lowest BCUT2D eigenvalue weighted by Crippen LogP contribution is -2.10. The van der Waals surface area contributed by atoms with E-state index in [1.165, 1.54) is 12.1 Å². The third-order valence-corrected chi connectivity index (χ3v) is 2.54. The topological polar surface area (TPSA) is 67.2 Å². The first-order valence-corrected chi connectivity index (χ1v) is 5.43. The summed E-state index contributed by atoms with van der Waals surface area (Å²) in [5, 5.41) is 8.75. The summed E-state index contributed by atoms with van der Waals surface area (Å²) in [6, 6.07) is 4.87. The average molecular weight is 249 g/mol. The van der Waals surface area contributed by atoms with E-state index in [9.17, 15) is 9.59 Å². The molecule has 0 aliphatic heterocycles. The molecule has 0 fully saturated rings. The van der Waals surface area contributed by atoms with E-state index in [-0.39, 0.29) is 13.0 Å². The van der Waals surface area contributed by atoms with Crippen molar-refractivity contribution in [3.05, 3.63) is 28.8 Å². The minimum Gasteiger partial charge on any atom is -0.466 e. The summed E-state index contributed by atoms with van der Waals surface area (Å²) >= 11 is 4.17. The van der Waals surface area contributed by atoms with Gasteiger partial charge in [0.15, 0.2) is 0 Å². The molecule has 1 aromatic rings. The van der Waals surface area contributed by atoms with Gasteiger partial charge in [0, 0.05) is 10.5 Å². The Hall–Kier alpha value is -1.80. The van der Waals surface area contributed by atoms with Crippen LogP contribution in [0.2, 0.25) is 0 Å². The highest BCUT2D eigenvalue weighted by molar-refractivity contribution is 7.80. The third kappa shape index (κ3) is 3.33. The molecule has 0 atom stereocenters. The van der Waals surface area contributed by atoms with Gasteiger partial charge in [0.25, 0.3) is 0 Å². The van der Waals surface area contributed by atoms with E-state index in [1.807, 2.05) is 6.07 Å². The van der Waals surface area contributed by atoms with Crippen LogP contribution in [-0.2, 0) is 16.0 Å². The van der Waals surface area contributed by atoms with Crippen molar-refractivity contribution in [1.82, 2.24) is 0 Å². The summed E-state index contributed by atoms with van der Waals surface area (Å²) in [5.41, 5.74) is 1.12. The van der Waals surface area contributed by atoms with Gasteiger partial charge < -0.3 is 4.74 Å². The largest absolute Gasteiger partial charge is 0.466 e. The average Bonchev–Trinajstić information content (AvgIpc) is 2.31. The molecule has 0 amide bonds. The summed E-state index contributed by atoms with van der Waals surface area (Å²) in [6.07, 6.45) is 0.585. The second-order valence-corrected chi connectivity index (χ2v) is 3.76. The number of thiol groups is 1. The van der Waals surface area contributed by atoms with Crippen LogP contribution in [0, 0.1) is 11.3 Å². The van der Waals surface area contributed by atoms with Gasteiger partial charge in [-0.1, -0.05) is 0 Å². The molecule has 88 valence electrons. The number of carbonyl (C=O) groups is 2. The predicted octanol–water partition coefficient (Wildman–Crippen LogP) is 1.77. The Kier molecular flexibility index (Phi) is 4.73. The van der Waals surface area contributed by atoms with E-state index in [4.69, 9.17) is 10.00 Å². The number of carbonyl (C=O) groups excluding carboxylic acids is 2. The molecule has 0 spiro atoms. The second kappa shape index (κ2) is 6.06. The molecule has 1 aromatic carbocycles. The van der Waals surface area contributed by atoms with Crippen LogP contribution in [0.15, 0.2) is 17.0 Å². The van der Waals surface area contributed by atoms with Gasteiger partial charge in [-0.2, -0.15) is 5.26 Å². The molecule has 0 radical (unpaired) electrons. The lowest BCUT2D eigenvalue weighted by Gasteiger charge is -2.08. The number of hydrogen-bond donors (Lipinski definition) is 1. The van der Waals surface area contributed by atoms with Crippen molar-refractivity contribution in [3.63, 3.8) is 0 Å². The Morgan fingerprint density at radius 1 is 1.59 bits per heavy atom. The number of nitrogens with zero attached hydrogens (tertiary/aromatic N) is 1. The fourth-order valence-electron chi connectivity index (χ4n) is 1.40. The molecule has 5 heteroatoms. The Balaban J connectivity index is 3.11. The number of nitriles is 1. The molecule has 0 aliphatic rings. The van der Waals surface area contributed by atoms with Crippen molar-refractivity contribution in [2.45, 2.75) is 18.2 Å². The van der Waals surface area contributed by atoms with Gasteiger partial charge in [-0.3, -0.25) is 9.59 Å². The van der Waals surface area contributed by atoms with E-state index >= 15 is 0 Å². The standard InChI is InChI=1S/C12H11NO3S/c1-2-16-12(15)5-10-9(7-14)3-8(6-13)4-11(10)17/h3-4,7,17H,2,5H2,1H3.